The standard InChI is InChI=1S/C20H23NOS/c1-13-9-10-18(11-14(13)2)23-16(4)20(22)21-15(3)12-17-7-5-6-8-19(17)21/h5-11,15-16H,12H2,1-4H3/t15-,16-/m1/s1. The molecule has 0 saturated heterocycles. The van der Waals surface area contributed by atoms with Gasteiger partial charge in [-0.3, -0.25) is 4.79 Å². The average Bonchev–Trinajstić information content (AvgIpc) is 2.86. The van der Waals surface area contributed by atoms with Gasteiger partial charge < -0.3 is 4.90 Å². The second-order valence-corrected chi connectivity index (χ2v) is 7.81. The average molecular weight is 325 g/mol. The van der Waals surface area contributed by atoms with E-state index in [9.17, 15) is 4.79 Å². The summed E-state index contributed by atoms with van der Waals surface area (Å²) in [5, 5.41) is -0.0919. The van der Waals surface area contributed by atoms with E-state index in [1.165, 1.54) is 16.7 Å². The van der Waals surface area contributed by atoms with Crippen molar-refractivity contribution < 1.29 is 4.79 Å². The van der Waals surface area contributed by atoms with Gasteiger partial charge in [0.25, 0.3) is 0 Å². The Hall–Kier alpha value is -1.74. The number of carbonyl (C=O) groups is 1. The van der Waals surface area contributed by atoms with Crippen LogP contribution in [0.3, 0.4) is 0 Å². The van der Waals surface area contributed by atoms with Crippen LogP contribution in [0.2, 0.25) is 0 Å². The maximum absolute atomic E-state index is 13.0. The van der Waals surface area contributed by atoms with Crippen molar-refractivity contribution in [3.63, 3.8) is 0 Å². The van der Waals surface area contributed by atoms with Gasteiger partial charge in [-0.2, -0.15) is 0 Å². The number of hydrogen-bond acceptors (Lipinski definition) is 2. The Morgan fingerprint density at radius 3 is 2.65 bits per heavy atom. The van der Waals surface area contributed by atoms with Gasteiger partial charge in [0.15, 0.2) is 0 Å². The summed E-state index contributed by atoms with van der Waals surface area (Å²) in [6, 6.07) is 14.9. The number of thioether (sulfide) groups is 1. The van der Waals surface area contributed by atoms with Crippen molar-refractivity contribution in [2.75, 3.05) is 4.90 Å². The van der Waals surface area contributed by atoms with Crippen LogP contribution in [-0.2, 0) is 11.2 Å². The Kier molecular flexibility index (Phi) is 4.49. The summed E-state index contributed by atoms with van der Waals surface area (Å²) in [5.74, 6) is 0.200. The quantitative estimate of drug-likeness (QED) is 0.758. The van der Waals surface area contributed by atoms with Gasteiger partial charge in [0.2, 0.25) is 5.91 Å². The molecule has 0 aliphatic carbocycles. The molecule has 0 saturated carbocycles. The molecule has 2 nitrogen and oxygen atoms in total. The van der Waals surface area contributed by atoms with E-state index in [0.29, 0.717) is 0 Å². The number of fused-ring (bicyclic) bond motifs is 1. The van der Waals surface area contributed by atoms with Gasteiger partial charge in [-0.1, -0.05) is 24.3 Å². The number of benzene rings is 2. The van der Waals surface area contributed by atoms with Gasteiger partial charge in [0.1, 0.15) is 0 Å². The molecule has 0 aromatic heterocycles. The lowest BCUT2D eigenvalue weighted by atomic mass is 10.1. The van der Waals surface area contributed by atoms with Crippen LogP contribution in [0.5, 0.6) is 0 Å². The number of anilines is 1. The zero-order valence-corrected chi connectivity index (χ0v) is 15.0. The monoisotopic (exact) mass is 325 g/mol. The molecule has 120 valence electrons. The largest absolute Gasteiger partial charge is 0.308 e. The number of aryl methyl sites for hydroxylation is 2. The minimum absolute atomic E-state index is 0.0919. The fourth-order valence-corrected chi connectivity index (χ4v) is 4.15. The van der Waals surface area contributed by atoms with Crippen LogP contribution in [-0.4, -0.2) is 17.2 Å². The third-order valence-electron chi connectivity index (χ3n) is 4.58. The van der Waals surface area contributed by atoms with E-state index in [2.05, 4.69) is 51.1 Å². The maximum atomic E-state index is 13.0. The molecule has 0 N–H and O–H groups in total. The number of amides is 1. The third-order valence-corrected chi connectivity index (χ3v) is 5.66. The first-order valence-corrected chi connectivity index (χ1v) is 9.00. The Balaban J connectivity index is 1.78. The molecule has 0 fully saturated rings. The number of hydrogen-bond donors (Lipinski definition) is 0. The summed E-state index contributed by atoms with van der Waals surface area (Å²) < 4.78 is 0. The van der Waals surface area contributed by atoms with Crippen LogP contribution in [0.1, 0.15) is 30.5 Å². The Labute approximate surface area is 142 Å². The van der Waals surface area contributed by atoms with Crippen LogP contribution in [0.25, 0.3) is 0 Å². The molecule has 3 heteroatoms. The molecule has 0 radical (unpaired) electrons. The van der Waals surface area contributed by atoms with Gasteiger partial charge >= 0.3 is 0 Å². The fraction of sp³-hybridized carbons (Fsp3) is 0.350. The van der Waals surface area contributed by atoms with E-state index >= 15 is 0 Å². The first-order chi connectivity index (χ1) is 11.0. The van der Waals surface area contributed by atoms with Crippen molar-refractivity contribution in [3.05, 3.63) is 59.2 Å². The molecule has 0 bridgehead atoms. The van der Waals surface area contributed by atoms with Crippen LogP contribution in [0.4, 0.5) is 5.69 Å². The number of rotatable bonds is 3. The van der Waals surface area contributed by atoms with Gasteiger partial charge in [0, 0.05) is 16.6 Å². The minimum Gasteiger partial charge on any atom is -0.308 e. The molecule has 1 amide bonds. The number of carbonyl (C=O) groups excluding carboxylic acids is 1. The molecule has 2 atom stereocenters. The van der Waals surface area contributed by atoms with Crippen molar-refractivity contribution in [3.8, 4) is 0 Å². The topological polar surface area (TPSA) is 20.3 Å². The molecule has 3 rings (SSSR count). The SMILES string of the molecule is Cc1ccc(S[C@H](C)C(=O)N2c3ccccc3C[C@H]2C)cc1C. The van der Waals surface area contributed by atoms with Gasteiger partial charge in [-0.15, -0.1) is 11.8 Å². The molecule has 0 unspecified atom stereocenters. The maximum Gasteiger partial charge on any atom is 0.240 e. The predicted molar refractivity (Wildman–Crippen MR) is 98.3 cm³/mol. The Morgan fingerprint density at radius 1 is 1.17 bits per heavy atom. The van der Waals surface area contributed by atoms with Crippen LogP contribution in [0, 0.1) is 13.8 Å². The van der Waals surface area contributed by atoms with Crippen molar-refractivity contribution in [1.29, 1.82) is 0 Å². The Bertz CT molecular complexity index is 740. The highest BCUT2D eigenvalue weighted by atomic mass is 32.2. The summed E-state index contributed by atoms with van der Waals surface area (Å²) in [5.41, 5.74) is 4.92. The predicted octanol–water partition coefficient (Wildman–Crippen LogP) is 4.76. The van der Waals surface area contributed by atoms with Crippen molar-refractivity contribution in [1.82, 2.24) is 0 Å². The lowest BCUT2D eigenvalue weighted by molar-refractivity contribution is -0.118. The molecule has 1 aliphatic heterocycles. The van der Waals surface area contributed by atoms with E-state index in [-0.39, 0.29) is 17.2 Å². The van der Waals surface area contributed by atoms with Crippen molar-refractivity contribution >= 4 is 23.4 Å². The zero-order chi connectivity index (χ0) is 16.6. The first kappa shape index (κ1) is 16.1. The summed E-state index contributed by atoms with van der Waals surface area (Å²) in [4.78, 5) is 16.1. The van der Waals surface area contributed by atoms with Crippen molar-refractivity contribution in [2.24, 2.45) is 0 Å². The molecule has 2 aromatic carbocycles. The second-order valence-electron chi connectivity index (χ2n) is 6.40. The summed E-state index contributed by atoms with van der Waals surface area (Å²) in [7, 11) is 0. The van der Waals surface area contributed by atoms with E-state index in [1.807, 2.05) is 24.0 Å². The van der Waals surface area contributed by atoms with Crippen molar-refractivity contribution in [2.45, 2.75) is 50.3 Å². The molecule has 1 heterocycles. The highest BCUT2D eigenvalue weighted by Crippen LogP contribution is 2.35. The van der Waals surface area contributed by atoms with Crippen LogP contribution in [0.15, 0.2) is 47.4 Å². The van der Waals surface area contributed by atoms with Gasteiger partial charge in [-0.25, -0.2) is 0 Å². The number of nitrogens with zero attached hydrogens (tertiary/aromatic N) is 1. The smallest absolute Gasteiger partial charge is 0.240 e. The minimum atomic E-state index is -0.0919. The highest BCUT2D eigenvalue weighted by molar-refractivity contribution is 8.00. The summed E-state index contributed by atoms with van der Waals surface area (Å²) in [6.45, 7) is 8.37. The molecule has 0 spiro atoms. The molecule has 2 aromatic rings. The number of para-hydroxylation sites is 1. The zero-order valence-electron chi connectivity index (χ0n) is 14.2. The molecular formula is C20H23NOS. The van der Waals surface area contributed by atoms with E-state index in [1.54, 1.807) is 11.8 Å². The molecule has 23 heavy (non-hydrogen) atoms. The first-order valence-electron chi connectivity index (χ1n) is 8.12. The van der Waals surface area contributed by atoms with E-state index in [0.717, 1.165) is 17.0 Å². The third kappa shape index (κ3) is 3.16. The van der Waals surface area contributed by atoms with E-state index < -0.39 is 0 Å². The van der Waals surface area contributed by atoms with E-state index in [4.69, 9.17) is 0 Å². The fourth-order valence-electron chi connectivity index (χ4n) is 3.14. The van der Waals surface area contributed by atoms with Crippen LogP contribution >= 0.6 is 11.8 Å². The van der Waals surface area contributed by atoms with Crippen LogP contribution < -0.4 is 4.90 Å². The second kappa shape index (κ2) is 6.40. The summed E-state index contributed by atoms with van der Waals surface area (Å²) >= 11 is 1.65. The Morgan fingerprint density at radius 2 is 1.91 bits per heavy atom. The molecule has 1 aliphatic rings. The summed E-state index contributed by atoms with van der Waals surface area (Å²) in [6.07, 6.45) is 0.947. The molecular weight excluding hydrogens is 302 g/mol. The van der Waals surface area contributed by atoms with Gasteiger partial charge in [-0.05, 0) is 69.0 Å². The lowest BCUT2D eigenvalue weighted by Crippen LogP contribution is -2.40. The lowest BCUT2D eigenvalue weighted by Gasteiger charge is -2.26. The van der Waals surface area contributed by atoms with Gasteiger partial charge in [0.05, 0.1) is 5.25 Å². The normalized spacial score (nSPS) is 17.9. The highest BCUT2D eigenvalue weighted by Gasteiger charge is 2.33.